The van der Waals surface area contributed by atoms with Crippen LogP contribution in [0.4, 0.5) is 10.7 Å². The summed E-state index contributed by atoms with van der Waals surface area (Å²) < 4.78 is 4.98. The molecule has 0 aliphatic carbocycles. The zero-order valence-corrected chi connectivity index (χ0v) is 13.3. The Morgan fingerprint density at radius 1 is 1.33 bits per heavy atom. The number of primary amides is 1. The number of amides is 1. The molecule has 21 heavy (non-hydrogen) atoms. The molecule has 2 heterocycles. The van der Waals surface area contributed by atoms with Crippen molar-refractivity contribution in [3.63, 3.8) is 0 Å². The van der Waals surface area contributed by atoms with E-state index in [2.05, 4.69) is 18.7 Å². The van der Waals surface area contributed by atoms with Gasteiger partial charge >= 0.3 is 5.97 Å². The lowest BCUT2D eigenvalue weighted by atomic mass is 10.0. The average molecular weight is 311 g/mol. The summed E-state index contributed by atoms with van der Waals surface area (Å²) in [6.07, 6.45) is 0. The van der Waals surface area contributed by atoms with Crippen LogP contribution in [0.2, 0.25) is 0 Å². The zero-order chi connectivity index (χ0) is 15.7. The Morgan fingerprint density at radius 3 is 2.38 bits per heavy atom. The van der Waals surface area contributed by atoms with Gasteiger partial charge in [-0.1, -0.05) is 13.8 Å². The first kappa shape index (κ1) is 15.6. The summed E-state index contributed by atoms with van der Waals surface area (Å²) in [5.41, 5.74) is 11.8. The Labute approximate surface area is 128 Å². The van der Waals surface area contributed by atoms with Crippen LogP contribution in [0.5, 0.6) is 0 Å². The van der Waals surface area contributed by atoms with Crippen LogP contribution in [-0.4, -0.2) is 31.6 Å². The standard InChI is InChI=1S/C14H21N3O3S/c1-4-20-14(19)11-10(15)9(12(16)18)13(21-11)17-5-7(2)8(3)6-17/h7-8H,4-6,15H2,1-3H3,(H2,16,18). The van der Waals surface area contributed by atoms with Gasteiger partial charge in [-0.05, 0) is 18.8 Å². The maximum Gasteiger partial charge on any atom is 0.350 e. The quantitative estimate of drug-likeness (QED) is 0.825. The largest absolute Gasteiger partial charge is 0.462 e. The Hall–Kier alpha value is -1.76. The van der Waals surface area contributed by atoms with Gasteiger partial charge in [0.25, 0.3) is 5.91 Å². The highest BCUT2D eigenvalue weighted by Crippen LogP contribution is 2.41. The molecule has 0 radical (unpaired) electrons. The van der Waals surface area contributed by atoms with Crippen molar-refractivity contribution >= 4 is 33.9 Å². The van der Waals surface area contributed by atoms with E-state index in [0.29, 0.717) is 16.8 Å². The molecule has 1 fully saturated rings. The molecule has 1 aliphatic rings. The molecule has 2 unspecified atom stereocenters. The molecule has 1 aliphatic heterocycles. The molecule has 1 aromatic heterocycles. The molecule has 1 amide bonds. The number of nitrogen functional groups attached to an aromatic ring is 1. The topological polar surface area (TPSA) is 98.6 Å². The van der Waals surface area contributed by atoms with Gasteiger partial charge in [-0.2, -0.15) is 0 Å². The fourth-order valence-electron chi connectivity index (χ4n) is 2.54. The molecular formula is C14H21N3O3S. The van der Waals surface area contributed by atoms with Crippen molar-refractivity contribution in [1.82, 2.24) is 0 Å². The highest BCUT2D eigenvalue weighted by Gasteiger charge is 2.33. The van der Waals surface area contributed by atoms with Gasteiger partial charge < -0.3 is 21.1 Å². The van der Waals surface area contributed by atoms with Crippen LogP contribution >= 0.6 is 11.3 Å². The number of carbonyl (C=O) groups excluding carboxylic acids is 2. The van der Waals surface area contributed by atoms with E-state index < -0.39 is 11.9 Å². The number of nitrogens with zero attached hydrogens (tertiary/aromatic N) is 1. The molecule has 0 aromatic carbocycles. The summed E-state index contributed by atoms with van der Waals surface area (Å²) in [5, 5.41) is 0.680. The normalized spacial score (nSPS) is 21.6. The fourth-order valence-corrected chi connectivity index (χ4v) is 3.67. The third-order valence-corrected chi connectivity index (χ3v) is 5.16. The van der Waals surface area contributed by atoms with Crippen molar-refractivity contribution in [1.29, 1.82) is 0 Å². The van der Waals surface area contributed by atoms with Gasteiger partial charge in [0.2, 0.25) is 0 Å². The lowest BCUT2D eigenvalue weighted by molar-refractivity contribution is 0.0533. The number of hydrogen-bond acceptors (Lipinski definition) is 6. The first-order valence-electron chi connectivity index (χ1n) is 7.00. The monoisotopic (exact) mass is 311 g/mol. The van der Waals surface area contributed by atoms with Gasteiger partial charge in [0.05, 0.1) is 17.9 Å². The molecule has 4 N–H and O–H groups in total. The second-order valence-electron chi connectivity index (χ2n) is 5.47. The van der Waals surface area contributed by atoms with Crippen molar-refractivity contribution in [2.24, 2.45) is 17.6 Å². The second kappa shape index (κ2) is 5.93. The van der Waals surface area contributed by atoms with Crippen molar-refractivity contribution in [2.45, 2.75) is 20.8 Å². The summed E-state index contributed by atoms with van der Waals surface area (Å²) in [5.74, 6) is -0.0873. The average Bonchev–Trinajstić information content (AvgIpc) is 2.91. The summed E-state index contributed by atoms with van der Waals surface area (Å²) in [6, 6.07) is 0. The number of ether oxygens (including phenoxy) is 1. The van der Waals surface area contributed by atoms with E-state index in [1.165, 1.54) is 11.3 Å². The number of nitrogens with two attached hydrogens (primary N) is 2. The lowest BCUT2D eigenvalue weighted by Gasteiger charge is -2.17. The lowest BCUT2D eigenvalue weighted by Crippen LogP contribution is -2.23. The number of carbonyl (C=O) groups is 2. The van der Waals surface area contributed by atoms with Gasteiger partial charge in [-0.25, -0.2) is 4.79 Å². The predicted molar refractivity (Wildman–Crippen MR) is 83.7 cm³/mol. The van der Waals surface area contributed by atoms with Crippen LogP contribution in [0.25, 0.3) is 0 Å². The summed E-state index contributed by atoms with van der Waals surface area (Å²) in [6.45, 7) is 7.96. The highest BCUT2D eigenvalue weighted by atomic mass is 32.1. The third-order valence-electron chi connectivity index (χ3n) is 3.91. The number of anilines is 2. The first-order chi connectivity index (χ1) is 9.86. The highest BCUT2D eigenvalue weighted by molar-refractivity contribution is 7.19. The minimum atomic E-state index is -0.610. The van der Waals surface area contributed by atoms with Crippen LogP contribution in [-0.2, 0) is 4.74 Å². The molecule has 0 spiro atoms. The van der Waals surface area contributed by atoms with E-state index in [-0.39, 0.29) is 22.7 Å². The molecule has 7 heteroatoms. The number of esters is 1. The minimum Gasteiger partial charge on any atom is -0.462 e. The molecule has 2 rings (SSSR count). The van der Waals surface area contributed by atoms with Gasteiger partial charge in [-0.3, -0.25) is 4.79 Å². The van der Waals surface area contributed by atoms with E-state index in [0.717, 1.165) is 13.1 Å². The van der Waals surface area contributed by atoms with Crippen molar-refractivity contribution in [3.05, 3.63) is 10.4 Å². The van der Waals surface area contributed by atoms with Crippen LogP contribution < -0.4 is 16.4 Å². The molecule has 0 bridgehead atoms. The molecule has 0 saturated carbocycles. The van der Waals surface area contributed by atoms with E-state index in [1.807, 2.05) is 0 Å². The van der Waals surface area contributed by atoms with Gasteiger partial charge in [0, 0.05) is 13.1 Å². The Morgan fingerprint density at radius 2 is 1.90 bits per heavy atom. The number of thiophene rings is 1. The minimum absolute atomic E-state index is 0.133. The molecule has 1 saturated heterocycles. The Kier molecular flexibility index (Phi) is 4.41. The van der Waals surface area contributed by atoms with Crippen molar-refractivity contribution < 1.29 is 14.3 Å². The van der Waals surface area contributed by atoms with Crippen molar-refractivity contribution in [2.75, 3.05) is 30.3 Å². The molecule has 1 aromatic rings. The van der Waals surface area contributed by atoms with Crippen LogP contribution in [0.15, 0.2) is 0 Å². The SMILES string of the molecule is CCOC(=O)c1sc(N2CC(C)C(C)C2)c(C(N)=O)c1N. The van der Waals surface area contributed by atoms with Gasteiger partial charge in [0.1, 0.15) is 9.88 Å². The summed E-state index contributed by atoms with van der Waals surface area (Å²) in [4.78, 5) is 26.0. The van der Waals surface area contributed by atoms with Gasteiger partial charge in [0.15, 0.2) is 0 Å². The first-order valence-corrected chi connectivity index (χ1v) is 7.82. The predicted octanol–water partition coefficient (Wildman–Crippen LogP) is 1.70. The van der Waals surface area contributed by atoms with Crippen LogP contribution in [0, 0.1) is 11.8 Å². The molecule has 116 valence electrons. The maximum absolute atomic E-state index is 11.9. The number of hydrogen-bond donors (Lipinski definition) is 2. The fraction of sp³-hybridized carbons (Fsp3) is 0.571. The zero-order valence-electron chi connectivity index (χ0n) is 12.5. The van der Waals surface area contributed by atoms with E-state index in [1.54, 1.807) is 6.92 Å². The molecule has 2 atom stereocenters. The van der Waals surface area contributed by atoms with Crippen LogP contribution in [0.3, 0.4) is 0 Å². The third kappa shape index (κ3) is 2.83. The summed E-state index contributed by atoms with van der Waals surface area (Å²) >= 11 is 1.19. The van der Waals surface area contributed by atoms with Crippen molar-refractivity contribution in [3.8, 4) is 0 Å². The van der Waals surface area contributed by atoms with Crippen LogP contribution in [0.1, 0.15) is 40.8 Å². The Balaban J connectivity index is 2.43. The Bertz CT molecular complexity index is 560. The van der Waals surface area contributed by atoms with E-state index in [4.69, 9.17) is 16.2 Å². The molecular weight excluding hydrogens is 290 g/mol. The smallest absolute Gasteiger partial charge is 0.350 e. The number of rotatable bonds is 4. The van der Waals surface area contributed by atoms with E-state index in [9.17, 15) is 9.59 Å². The summed E-state index contributed by atoms with van der Waals surface area (Å²) in [7, 11) is 0. The maximum atomic E-state index is 11.9. The second-order valence-corrected chi connectivity index (χ2v) is 6.47. The van der Waals surface area contributed by atoms with Gasteiger partial charge in [-0.15, -0.1) is 11.3 Å². The van der Waals surface area contributed by atoms with E-state index >= 15 is 0 Å². The molecule has 6 nitrogen and oxygen atoms in total.